The normalized spacial score (nSPS) is 15.9. The van der Waals surface area contributed by atoms with Crippen LogP contribution in [0.5, 0.6) is 0 Å². The van der Waals surface area contributed by atoms with E-state index in [1.807, 2.05) is 17.8 Å². The third-order valence-electron chi connectivity index (χ3n) is 2.38. The Morgan fingerprint density at radius 2 is 2.33 bits per heavy atom. The van der Waals surface area contributed by atoms with Gasteiger partial charge >= 0.3 is 0 Å². The van der Waals surface area contributed by atoms with Crippen LogP contribution in [0, 0.1) is 4.64 Å². The molecular formula is C11H16N2S2. The van der Waals surface area contributed by atoms with Gasteiger partial charge in [-0.2, -0.15) is 11.8 Å². The Bertz CT molecular complexity index is 394. The number of thioether (sulfide) groups is 1. The Balaban J connectivity index is 2.12. The molecule has 15 heavy (non-hydrogen) atoms. The molecule has 1 N–H and O–H groups in total. The molecule has 0 spiro atoms. The van der Waals surface area contributed by atoms with Gasteiger partial charge in [-0.25, -0.2) is 4.98 Å². The summed E-state index contributed by atoms with van der Waals surface area (Å²) in [5, 5.41) is 0.637. The highest BCUT2D eigenvalue weighted by Crippen LogP contribution is 2.38. The van der Waals surface area contributed by atoms with E-state index in [1.165, 1.54) is 18.5 Å². The van der Waals surface area contributed by atoms with Gasteiger partial charge in [-0.15, -0.1) is 0 Å². The summed E-state index contributed by atoms with van der Waals surface area (Å²) >= 11 is 7.07. The Hall–Kier alpha value is -0.350. The van der Waals surface area contributed by atoms with Crippen molar-refractivity contribution in [2.24, 2.45) is 0 Å². The summed E-state index contributed by atoms with van der Waals surface area (Å²) in [6, 6.07) is 2.01. The first kappa shape index (κ1) is 11.1. The molecular weight excluding hydrogens is 224 g/mol. The molecule has 1 fully saturated rings. The van der Waals surface area contributed by atoms with Crippen molar-refractivity contribution in [3.8, 4) is 0 Å². The van der Waals surface area contributed by atoms with Crippen LogP contribution in [0.1, 0.15) is 44.1 Å². The van der Waals surface area contributed by atoms with Gasteiger partial charge in [-0.3, -0.25) is 0 Å². The fourth-order valence-corrected chi connectivity index (χ4v) is 2.32. The van der Waals surface area contributed by atoms with Crippen molar-refractivity contribution in [2.75, 3.05) is 0 Å². The molecule has 0 saturated heterocycles. The van der Waals surface area contributed by atoms with Crippen LogP contribution in [-0.4, -0.2) is 15.2 Å². The number of hydrogen-bond donors (Lipinski definition) is 1. The van der Waals surface area contributed by atoms with Crippen molar-refractivity contribution < 1.29 is 0 Å². The van der Waals surface area contributed by atoms with Crippen molar-refractivity contribution in [1.29, 1.82) is 0 Å². The van der Waals surface area contributed by atoms with Crippen LogP contribution in [0.3, 0.4) is 0 Å². The smallest absolute Gasteiger partial charge is 0.130 e. The van der Waals surface area contributed by atoms with E-state index in [1.54, 1.807) is 0 Å². The van der Waals surface area contributed by atoms with E-state index in [2.05, 4.69) is 23.8 Å². The topological polar surface area (TPSA) is 28.7 Å². The van der Waals surface area contributed by atoms with Gasteiger partial charge in [0.1, 0.15) is 10.5 Å². The Morgan fingerprint density at radius 3 is 2.93 bits per heavy atom. The summed E-state index contributed by atoms with van der Waals surface area (Å²) in [5.74, 6) is 2.68. The molecule has 1 heterocycles. The Morgan fingerprint density at radius 1 is 1.60 bits per heavy atom. The maximum Gasteiger partial charge on any atom is 0.130 e. The second-order valence-electron chi connectivity index (χ2n) is 4.26. The first-order valence-electron chi connectivity index (χ1n) is 5.37. The minimum atomic E-state index is 0.637. The summed E-state index contributed by atoms with van der Waals surface area (Å²) in [7, 11) is 0. The van der Waals surface area contributed by atoms with Gasteiger partial charge < -0.3 is 4.98 Å². The Kier molecular flexibility index (Phi) is 3.46. The highest BCUT2D eigenvalue weighted by atomic mass is 32.2. The van der Waals surface area contributed by atoms with Crippen molar-refractivity contribution in [3.05, 3.63) is 22.2 Å². The second kappa shape index (κ2) is 4.66. The highest BCUT2D eigenvalue weighted by Gasteiger charge is 2.24. The van der Waals surface area contributed by atoms with Gasteiger partial charge in [0, 0.05) is 5.69 Å². The quantitative estimate of drug-likeness (QED) is 0.814. The highest BCUT2D eigenvalue weighted by molar-refractivity contribution is 7.99. The lowest BCUT2D eigenvalue weighted by Gasteiger charge is -2.06. The average molecular weight is 240 g/mol. The van der Waals surface area contributed by atoms with Gasteiger partial charge in [-0.05, 0) is 30.1 Å². The van der Waals surface area contributed by atoms with Crippen molar-refractivity contribution in [1.82, 2.24) is 9.97 Å². The van der Waals surface area contributed by atoms with Gasteiger partial charge in [0.05, 0.1) is 5.75 Å². The van der Waals surface area contributed by atoms with Crippen LogP contribution < -0.4 is 0 Å². The zero-order valence-corrected chi connectivity index (χ0v) is 10.8. The summed E-state index contributed by atoms with van der Waals surface area (Å²) in [4.78, 5) is 7.76. The zero-order valence-electron chi connectivity index (χ0n) is 9.12. The van der Waals surface area contributed by atoms with Crippen LogP contribution in [0.4, 0.5) is 0 Å². The molecule has 0 atom stereocenters. The van der Waals surface area contributed by atoms with Crippen LogP contribution in [0.2, 0.25) is 0 Å². The number of rotatable bonds is 4. The molecule has 0 aliphatic heterocycles. The number of nitrogens with one attached hydrogen (secondary N) is 1. The van der Waals surface area contributed by atoms with Crippen molar-refractivity contribution >= 4 is 24.0 Å². The molecule has 1 aromatic heterocycles. The summed E-state index contributed by atoms with van der Waals surface area (Å²) in [6.45, 7) is 4.40. The number of nitrogens with zero attached hydrogens (tertiary/aromatic N) is 1. The van der Waals surface area contributed by atoms with Crippen LogP contribution in [0.25, 0.3) is 0 Å². The molecule has 4 heteroatoms. The van der Waals surface area contributed by atoms with Crippen molar-refractivity contribution in [3.63, 3.8) is 0 Å². The molecule has 2 nitrogen and oxygen atoms in total. The number of hydrogen-bond acceptors (Lipinski definition) is 3. The van der Waals surface area contributed by atoms with Gasteiger partial charge in [0.15, 0.2) is 0 Å². The molecule has 0 unspecified atom stereocenters. The van der Waals surface area contributed by atoms with Gasteiger partial charge in [0.25, 0.3) is 0 Å². The lowest BCUT2D eigenvalue weighted by Crippen LogP contribution is -1.99. The zero-order chi connectivity index (χ0) is 10.8. The van der Waals surface area contributed by atoms with E-state index >= 15 is 0 Å². The monoisotopic (exact) mass is 240 g/mol. The number of aromatic nitrogens is 2. The summed E-state index contributed by atoms with van der Waals surface area (Å²) < 4.78 is 0.731. The number of aromatic amines is 1. The fourth-order valence-electron chi connectivity index (χ4n) is 1.46. The predicted octanol–water partition coefficient (Wildman–Crippen LogP) is 3.66. The molecule has 0 aromatic carbocycles. The first-order chi connectivity index (χ1) is 7.15. The number of H-pyrrole nitrogens is 1. The van der Waals surface area contributed by atoms with E-state index < -0.39 is 0 Å². The lowest BCUT2D eigenvalue weighted by atomic mass is 10.3. The third kappa shape index (κ3) is 3.31. The standard InChI is InChI=1S/C11H16N2S2/c1-7(2)15-6-10-12-9(8-3-4-8)5-11(14)13-10/h5,7-8H,3-4,6H2,1-2H3,(H,12,13,14). The molecule has 1 aromatic rings. The van der Waals surface area contributed by atoms with Crippen LogP contribution in [0.15, 0.2) is 6.07 Å². The molecule has 0 bridgehead atoms. The molecule has 2 rings (SSSR count). The maximum absolute atomic E-state index is 5.17. The third-order valence-corrected chi connectivity index (χ3v) is 3.70. The van der Waals surface area contributed by atoms with Gasteiger partial charge in [-0.1, -0.05) is 26.1 Å². The second-order valence-corrected chi connectivity index (χ2v) is 6.24. The molecule has 1 saturated carbocycles. The van der Waals surface area contributed by atoms with Gasteiger partial charge in [0.2, 0.25) is 0 Å². The maximum atomic E-state index is 5.17. The molecule has 1 aliphatic rings. The molecule has 0 amide bonds. The van der Waals surface area contributed by atoms with E-state index in [0.717, 1.165) is 22.1 Å². The van der Waals surface area contributed by atoms with E-state index in [9.17, 15) is 0 Å². The van der Waals surface area contributed by atoms with Crippen LogP contribution in [-0.2, 0) is 5.75 Å². The fraction of sp³-hybridized carbons (Fsp3) is 0.636. The molecule has 0 radical (unpaired) electrons. The predicted molar refractivity (Wildman–Crippen MR) is 67.8 cm³/mol. The Labute approximate surface area is 99.9 Å². The lowest BCUT2D eigenvalue weighted by molar-refractivity contribution is 0.922. The summed E-state index contributed by atoms with van der Waals surface area (Å²) in [6.07, 6.45) is 2.60. The SMILES string of the molecule is CC(C)SCc1nc(=S)cc(C2CC2)[nH]1. The molecule has 1 aliphatic carbocycles. The minimum Gasteiger partial charge on any atom is -0.346 e. The van der Waals surface area contributed by atoms with E-state index in [0.29, 0.717) is 5.25 Å². The van der Waals surface area contributed by atoms with Crippen LogP contribution >= 0.6 is 24.0 Å². The van der Waals surface area contributed by atoms with Crippen molar-refractivity contribution in [2.45, 2.75) is 43.6 Å². The average Bonchev–Trinajstić information content (AvgIpc) is 2.97. The van der Waals surface area contributed by atoms with E-state index in [4.69, 9.17) is 12.2 Å². The van der Waals surface area contributed by atoms with E-state index in [-0.39, 0.29) is 0 Å². The minimum absolute atomic E-state index is 0.637. The summed E-state index contributed by atoms with van der Waals surface area (Å²) in [5.41, 5.74) is 1.29. The molecule has 82 valence electrons. The largest absolute Gasteiger partial charge is 0.346 e. The first-order valence-corrected chi connectivity index (χ1v) is 6.82.